The molecule has 0 aliphatic carbocycles. The van der Waals surface area contributed by atoms with Gasteiger partial charge in [-0.1, -0.05) is 19.8 Å². The first kappa shape index (κ1) is 17.0. The fourth-order valence-corrected chi connectivity index (χ4v) is 2.18. The highest BCUT2D eigenvalue weighted by molar-refractivity contribution is 5.95. The van der Waals surface area contributed by atoms with E-state index in [9.17, 15) is 14.7 Å². The Balaban J connectivity index is 3.02. The average molecular weight is 294 g/mol. The first-order chi connectivity index (χ1) is 10.0. The van der Waals surface area contributed by atoms with Gasteiger partial charge in [0.2, 0.25) is 0 Å². The van der Waals surface area contributed by atoms with Gasteiger partial charge in [-0.25, -0.2) is 4.79 Å². The van der Waals surface area contributed by atoms with Gasteiger partial charge in [0.25, 0.3) is 0 Å². The molecule has 1 aromatic carbocycles. The van der Waals surface area contributed by atoms with Crippen LogP contribution in [0.1, 0.15) is 48.5 Å². The minimum absolute atomic E-state index is 0.0289. The lowest BCUT2D eigenvalue weighted by atomic mass is 9.98. The van der Waals surface area contributed by atoms with Crippen LogP contribution in [0.15, 0.2) is 12.1 Å². The van der Waals surface area contributed by atoms with Crippen LogP contribution in [0.4, 0.5) is 0 Å². The highest BCUT2D eigenvalue weighted by Crippen LogP contribution is 2.29. The molecule has 0 amide bonds. The van der Waals surface area contributed by atoms with Crippen molar-refractivity contribution in [3.05, 3.63) is 23.3 Å². The van der Waals surface area contributed by atoms with Crippen molar-refractivity contribution in [2.24, 2.45) is 0 Å². The number of methoxy groups -OCH3 is 2. The van der Waals surface area contributed by atoms with Crippen LogP contribution < -0.4 is 9.47 Å². The molecule has 1 rings (SSSR count). The summed E-state index contributed by atoms with van der Waals surface area (Å²) in [7, 11) is 2.89. The minimum atomic E-state index is -1.11. The zero-order valence-electron chi connectivity index (χ0n) is 12.8. The van der Waals surface area contributed by atoms with Crippen LogP contribution in [0.2, 0.25) is 0 Å². The summed E-state index contributed by atoms with van der Waals surface area (Å²) in [5, 5.41) is 9.34. The number of hydrogen-bond acceptors (Lipinski definition) is 4. The van der Waals surface area contributed by atoms with Crippen LogP contribution in [0.3, 0.4) is 0 Å². The molecule has 1 N–H and O–H groups in total. The summed E-state index contributed by atoms with van der Waals surface area (Å²) in [5.74, 6) is -0.390. The van der Waals surface area contributed by atoms with Crippen molar-refractivity contribution in [1.82, 2.24) is 0 Å². The van der Waals surface area contributed by atoms with E-state index in [1.807, 2.05) is 0 Å². The molecule has 0 bridgehead atoms. The van der Waals surface area contributed by atoms with E-state index in [1.54, 1.807) is 6.07 Å². The largest absolute Gasteiger partial charge is 0.497 e. The van der Waals surface area contributed by atoms with Gasteiger partial charge in [-0.3, -0.25) is 4.79 Å². The Morgan fingerprint density at radius 3 is 2.38 bits per heavy atom. The van der Waals surface area contributed by atoms with E-state index in [0.29, 0.717) is 17.7 Å². The molecule has 5 nitrogen and oxygen atoms in total. The summed E-state index contributed by atoms with van der Waals surface area (Å²) in [4.78, 5) is 23.4. The Kier molecular flexibility index (Phi) is 6.72. The molecule has 0 aliphatic heterocycles. The van der Waals surface area contributed by atoms with Crippen molar-refractivity contribution in [2.75, 3.05) is 14.2 Å². The number of unbranched alkanes of at least 4 members (excludes halogenated alkanes) is 2. The quantitative estimate of drug-likeness (QED) is 0.708. The van der Waals surface area contributed by atoms with E-state index in [1.165, 1.54) is 20.3 Å². The van der Waals surface area contributed by atoms with E-state index >= 15 is 0 Å². The van der Waals surface area contributed by atoms with Gasteiger partial charge in [0, 0.05) is 18.9 Å². The summed E-state index contributed by atoms with van der Waals surface area (Å²) >= 11 is 0. The molecule has 0 saturated carbocycles. The molecule has 5 heteroatoms. The van der Waals surface area contributed by atoms with E-state index in [4.69, 9.17) is 9.47 Å². The van der Waals surface area contributed by atoms with Crippen molar-refractivity contribution in [2.45, 2.75) is 39.0 Å². The van der Waals surface area contributed by atoms with Crippen molar-refractivity contribution in [3.8, 4) is 11.5 Å². The van der Waals surface area contributed by atoms with Gasteiger partial charge < -0.3 is 14.6 Å². The van der Waals surface area contributed by atoms with Crippen molar-refractivity contribution < 1.29 is 24.2 Å². The molecule has 0 spiro atoms. The normalized spacial score (nSPS) is 10.2. The summed E-state index contributed by atoms with van der Waals surface area (Å²) in [6.45, 7) is 2.07. The number of benzene rings is 1. The third-order valence-electron chi connectivity index (χ3n) is 3.27. The fraction of sp³-hybridized carbons (Fsp3) is 0.500. The van der Waals surface area contributed by atoms with Gasteiger partial charge >= 0.3 is 5.97 Å². The predicted molar refractivity (Wildman–Crippen MR) is 79.4 cm³/mol. The fourth-order valence-electron chi connectivity index (χ4n) is 2.18. The van der Waals surface area contributed by atoms with Crippen LogP contribution >= 0.6 is 0 Å². The Hall–Kier alpha value is -2.04. The van der Waals surface area contributed by atoms with Crippen LogP contribution in [-0.4, -0.2) is 31.1 Å². The Bertz CT molecular complexity index is 508. The Morgan fingerprint density at radius 1 is 1.14 bits per heavy atom. The maximum Gasteiger partial charge on any atom is 0.339 e. The number of ether oxygens (including phenoxy) is 2. The molecule has 116 valence electrons. The topological polar surface area (TPSA) is 72.8 Å². The number of aromatic carboxylic acids is 1. The van der Waals surface area contributed by atoms with Gasteiger partial charge in [-0.15, -0.1) is 0 Å². The summed E-state index contributed by atoms with van der Waals surface area (Å²) in [5.41, 5.74) is 0.460. The van der Waals surface area contributed by atoms with Crippen molar-refractivity contribution in [3.63, 3.8) is 0 Å². The number of Topliss-reactive ketones (excluding diaryl/α,β-unsaturated/α-hetero) is 1. The number of carbonyl (C=O) groups is 2. The van der Waals surface area contributed by atoms with Crippen molar-refractivity contribution in [1.29, 1.82) is 0 Å². The summed E-state index contributed by atoms with van der Waals surface area (Å²) in [6.07, 6.45) is 3.42. The molecule has 0 aromatic heterocycles. The molecular formula is C16H22O5. The molecule has 0 radical (unpaired) electrons. The SMILES string of the molecule is CCCCCC(=O)Cc1cc(OC)cc(OC)c1C(=O)O. The minimum Gasteiger partial charge on any atom is -0.497 e. The first-order valence-corrected chi connectivity index (χ1v) is 7.03. The van der Waals surface area contributed by atoms with Gasteiger partial charge in [-0.05, 0) is 18.1 Å². The third-order valence-corrected chi connectivity index (χ3v) is 3.27. The Labute approximate surface area is 124 Å². The molecule has 0 fully saturated rings. The summed E-state index contributed by atoms with van der Waals surface area (Å²) in [6, 6.07) is 3.10. The third kappa shape index (κ3) is 4.77. The monoisotopic (exact) mass is 294 g/mol. The lowest BCUT2D eigenvalue weighted by Gasteiger charge is -2.12. The van der Waals surface area contributed by atoms with Gasteiger partial charge in [0.15, 0.2) is 0 Å². The number of carboxylic acid groups (broad SMARTS) is 1. The average Bonchev–Trinajstić information content (AvgIpc) is 2.46. The van der Waals surface area contributed by atoms with Crippen molar-refractivity contribution >= 4 is 11.8 Å². The van der Waals surface area contributed by atoms with E-state index in [2.05, 4.69) is 6.92 Å². The number of carbonyl (C=O) groups excluding carboxylic acids is 1. The Morgan fingerprint density at radius 2 is 1.86 bits per heavy atom. The second kappa shape index (κ2) is 8.29. The zero-order chi connectivity index (χ0) is 15.8. The van der Waals surface area contributed by atoms with E-state index in [0.717, 1.165) is 19.3 Å². The van der Waals surface area contributed by atoms with Gasteiger partial charge in [-0.2, -0.15) is 0 Å². The highest BCUT2D eigenvalue weighted by Gasteiger charge is 2.20. The molecule has 1 aromatic rings. The van der Waals surface area contributed by atoms with Crippen LogP contribution in [-0.2, 0) is 11.2 Å². The van der Waals surface area contributed by atoms with Crippen LogP contribution in [0.25, 0.3) is 0 Å². The second-order valence-electron chi connectivity index (χ2n) is 4.84. The maximum absolute atomic E-state index is 12.0. The molecular weight excluding hydrogens is 272 g/mol. The molecule has 0 aliphatic rings. The van der Waals surface area contributed by atoms with Gasteiger partial charge in [0.05, 0.1) is 14.2 Å². The van der Waals surface area contributed by atoms with Gasteiger partial charge in [0.1, 0.15) is 22.8 Å². The lowest BCUT2D eigenvalue weighted by molar-refractivity contribution is -0.118. The number of rotatable bonds is 9. The van der Waals surface area contributed by atoms with Crippen LogP contribution in [0.5, 0.6) is 11.5 Å². The second-order valence-corrected chi connectivity index (χ2v) is 4.84. The molecule has 0 atom stereocenters. The highest BCUT2D eigenvalue weighted by atomic mass is 16.5. The molecule has 21 heavy (non-hydrogen) atoms. The number of hydrogen-bond donors (Lipinski definition) is 1. The molecule has 0 saturated heterocycles. The number of ketones is 1. The smallest absolute Gasteiger partial charge is 0.339 e. The summed E-state index contributed by atoms with van der Waals surface area (Å²) < 4.78 is 10.2. The predicted octanol–water partition coefficient (Wildman–Crippen LogP) is 3.09. The zero-order valence-corrected chi connectivity index (χ0v) is 12.8. The van der Waals surface area contributed by atoms with E-state index < -0.39 is 5.97 Å². The first-order valence-electron chi connectivity index (χ1n) is 7.03. The maximum atomic E-state index is 12.0. The molecule has 0 heterocycles. The van der Waals surface area contributed by atoms with Crippen LogP contribution in [0, 0.1) is 0 Å². The number of carboxylic acids is 1. The standard InChI is InChI=1S/C16H22O5/c1-4-5-6-7-12(17)8-11-9-13(20-2)10-14(21-3)15(11)16(18)19/h9-10H,4-8H2,1-3H3,(H,18,19). The lowest BCUT2D eigenvalue weighted by Crippen LogP contribution is -2.11. The van der Waals surface area contributed by atoms with E-state index in [-0.39, 0.29) is 23.5 Å². The molecule has 0 unspecified atom stereocenters.